The third-order valence-corrected chi connectivity index (χ3v) is 3.45. The fraction of sp³-hybridized carbons (Fsp3) is 0.429. The van der Waals surface area contributed by atoms with Crippen LogP contribution in [0.1, 0.15) is 18.9 Å². The average Bonchev–Trinajstić information content (AvgIpc) is 2.88. The lowest BCUT2D eigenvalue weighted by Gasteiger charge is -2.18. The van der Waals surface area contributed by atoms with Crippen molar-refractivity contribution in [2.45, 2.75) is 19.3 Å². The Morgan fingerprint density at radius 3 is 2.71 bits per heavy atom. The minimum atomic E-state index is -2.98. The number of hydrogen-bond acceptors (Lipinski definition) is 2. The van der Waals surface area contributed by atoms with Crippen molar-refractivity contribution in [3.63, 3.8) is 0 Å². The number of carbonyl (C=O) groups excluding carboxylic acids is 1. The number of rotatable bonds is 3. The van der Waals surface area contributed by atoms with Gasteiger partial charge in [-0.3, -0.25) is 4.79 Å². The molecule has 0 saturated carbocycles. The van der Waals surface area contributed by atoms with Gasteiger partial charge < -0.3 is 15.3 Å². The van der Waals surface area contributed by atoms with E-state index in [1.165, 1.54) is 29.2 Å². The number of benzene rings is 1. The van der Waals surface area contributed by atoms with Gasteiger partial charge in [-0.2, -0.15) is 0 Å². The van der Waals surface area contributed by atoms with Gasteiger partial charge in [0, 0.05) is 31.3 Å². The smallest absolute Gasteiger partial charge is 0.321 e. The van der Waals surface area contributed by atoms with E-state index in [0.717, 1.165) is 6.92 Å². The van der Waals surface area contributed by atoms with Crippen molar-refractivity contribution < 1.29 is 23.5 Å². The average molecular weight is 298 g/mol. The molecule has 0 aromatic heterocycles. The molecule has 0 bridgehead atoms. The molecule has 7 heteroatoms. The number of carbonyl (C=O) groups is 2. The van der Waals surface area contributed by atoms with Crippen LogP contribution in [0.5, 0.6) is 0 Å². The van der Waals surface area contributed by atoms with Crippen LogP contribution in [0.2, 0.25) is 0 Å². The Kier molecular flexibility index (Phi) is 4.11. The van der Waals surface area contributed by atoms with Gasteiger partial charge in [0.15, 0.2) is 0 Å². The number of halogens is 2. The van der Waals surface area contributed by atoms with Crippen molar-refractivity contribution in [3.05, 3.63) is 29.8 Å². The molecule has 2 amide bonds. The van der Waals surface area contributed by atoms with Gasteiger partial charge in [-0.15, -0.1) is 0 Å². The molecular formula is C14H16F2N2O3. The molecule has 1 aromatic carbocycles. The Hall–Kier alpha value is -2.18. The normalized spacial score (nSPS) is 18.6. The molecule has 1 fully saturated rings. The summed E-state index contributed by atoms with van der Waals surface area (Å²) in [6.45, 7) is 1.25. The number of hydrogen-bond donors (Lipinski definition) is 2. The zero-order chi connectivity index (χ0) is 15.6. The van der Waals surface area contributed by atoms with Crippen molar-refractivity contribution >= 4 is 17.7 Å². The summed E-state index contributed by atoms with van der Waals surface area (Å²) in [4.78, 5) is 24.2. The molecule has 21 heavy (non-hydrogen) atoms. The molecule has 0 aliphatic carbocycles. The van der Waals surface area contributed by atoms with Crippen LogP contribution in [-0.4, -0.2) is 35.1 Å². The lowest BCUT2D eigenvalue weighted by molar-refractivity contribution is -0.141. The minimum absolute atomic E-state index is 0.130. The van der Waals surface area contributed by atoms with Crippen LogP contribution in [0.3, 0.4) is 0 Å². The Labute approximate surface area is 120 Å². The fourth-order valence-electron chi connectivity index (χ4n) is 2.22. The molecule has 5 nitrogen and oxygen atoms in total. The second-order valence-electron chi connectivity index (χ2n) is 5.17. The molecule has 1 heterocycles. The highest BCUT2D eigenvalue weighted by Gasteiger charge is 2.31. The molecule has 114 valence electrons. The van der Waals surface area contributed by atoms with Crippen LogP contribution in [-0.2, 0) is 10.7 Å². The largest absolute Gasteiger partial charge is 0.481 e. The van der Waals surface area contributed by atoms with E-state index in [-0.39, 0.29) is 17.8 Å². The van der Waals surface area contributed by atoms with Gasteiger partial charge in [-0.1, -0.05) is 12.1 Å². The van der Waals surface area contributed by atoms with Gasteiger partial charge in [0.1, 0.15) is 0 Å². The van der Waals surface area contributed by atoms with Crippen molar-refractivity contribution in [1.29, 1.82) is 0 Å². The zero-order valence-corrected chi connectivity index (χ0v) is 11.5. The highest BCUT2D eigenvalue weighted by atomic mass is 19.3. The molecule has 0 spiro atoms. The van der Waals surface area contributed by atoms with E-state index >= 15 is 0 Å². The van der Waals surface area contributed by atoms with Crippen LogP contribution in [0.4, 0.5) is 19.3 Å². The Balaban J connectivity index is 2.02. The van der Waals surface area contributed by atoms with E-state index in [9.17, 15) is 18.4 Å². The number of nitrogens with one attached hydrogen (secondary N) is 1. The highest BCUT2D eigenvalue weighted by Crippen LogP contribution is 2.28. The number of carboxylic acids is 1. The summed E-state index contributed by atoms with van der Waals surface area (Å²) in [5, 5.41) is 11.4. The summed E-state index contributed by atoms with van der Waals surface area (Å²) in [5.41, 5.74) is 0.0722. The molecule has 1 saturated heterocycles. The Morgan fingerprint density at radius 1 is 1.43 bits per heavy atom. The van der Waals surface area contributed by atoms with E-state index in [2.05, 4.69) is 5.32 Å². The van der Waals surface area contributed by atoms with Crippen LogP contribution in [0.15, 0.2) is 24.3 Å². The zero-order valence-electron chi connectivity index (χ0n) is 11.5. The van der Waals surface area contributed by atoms with Crippen molar-refractivity contribution in [2.24, 2.45) is 5.92 Å². The lowest BCUT2D eigenvalue weighted by Crippen LogP contribution is -2.33. The van der Waals surface area contributed by atoms with E-state index in [1.807, 2.05) is 0 Å². The van der Waals surface area contributed by atoms with Gasteiger partial charge in [-0.25, -0.2) is 13.6 Å². The number of carboxylic acid groups (broad SMARTS) is 1. The number of amides is 2. The van der Waals surface area contributed by atoms with E-state index in [4.69, 9.17) is 5.11 Å². The molecule has 0 radical (unpaired) electrons. The number of aliphatic carboxylic acids is 1. The molecule has 2 N–H and O–H groups in total. The van der Waals surface area contributed by atoms with E-state index in [1.54, 1.807) is 0 Å². The standard InChI is InChI=1S/C14H16F2N2O3/c1-14(15,16)10-3-2-4-11(7-10)17-13(21)18-6-5-9(8-18)12(19)20/h2-4,7,9H,5-6,8H2,1H3,(H,17,21)(H,19,20). The van der Waals surface area contributed by atoms with Gasteiger partial charge in [0.2, 0.25) is 0 Å². The predicted octanol–water partition coefficient (Wildman–Crippen LogP) is 2.74. The molecule has 2 rings (SSSR count). The first-order valence-corrected chi connectivity index (χ1v) is 6.54. The van der Waals surface area contributed by atoms with Crippen LogP contribution in [0.25, 0.3) is 0 Å². The maximum Gasteiger partial charge on any atom is 0.321 e. The highest BCUT2D eigenvalue weighted by molar-refractivity contribution is 5.90. The molecular weight excluding hydrogens is 282 g/mol. The first-order valence-electron chi connectivity index (χ1n) is 6.54. The minimum Gasteiger partial charge on any atom is -0.481 e. The van der Waals surface area contributed by atoms with E-state index in [0.29, 0.717) is 13.0 Å². The second kappa shape index (κ2) is 5.67. The molecule has 1 aliphatic rings. The first kappa shape index (κ1) is 15.2. The summed E-state index contributed by atoms with van der Waals surface area (Å²) >= 11 is 0. The monoisotopic (exact) mass is 298 g/mol. The third-order valence-electron chi connectivity index (χ3n) is 3.45. The number of anilines is 1. The van der Waals surface area contributed by atoms with Gasteiger partial charge in [0.05, 0.1) is 5.92 Å². The maximum absolute atomic E-state index is 13.2. The predicted molar refractivity (Wildman–Crippen MR) is 72.3 cm³/mol. The van der Waals surface area contributed by atoms with Crippen molar-refractivity contribution in [1.82, 2.24) is 4.90 Å². The van der Waals surface area contributed by atoms with Crippen LogP contribution in [0, 0.1) is 5.92 Å². The van der Waals surface area contributed by atoms with Gasteiger partial charge in [-0.05, 0) is 18.6 Å². The fourth-order valence-corrected chi connectivity index (χ4v) is 2.22. The number of likely N-dealkylation sites (tertiary alicyclic amines) is 1. The molecule has 1 aliphatic heterocycles. The Bertz CT molecular complexity index is 557. The summed E-state index contributed by atoms with van der Waals surface area (Å²) in [6, 6.07) is 4.97. The summed E-state index contributed by atoms with van der Waals surface area (Å²) in [5.74, 6) is -4.48. The Morgan fingerprint density at radius 2 is 2.14 bits per heavy atom. The third kappa shape index (κ3) is 3.68. The van der Waals surface area contributed by atoms with Crippen LogP contribution < -0.4 is 5.32 Å². The number of nitrogens with zero attached hydrogens (tertiary/aromatic N) is 1. The topological polar surface area (TPSA) is 69.6 Å². The van der Waals surface area contributed by atoms with Gasteiger partial charge >= 0.3 is 12.0 Å². The van der Waals surface area contributed by atoms with Crippen LogP contribution >= 0.6 is 0 Å². The maximum atomic E-state index is 13.2. The molecule has 1 aromatic rings. The molecule has 1 unspecified atom stereocenters. The number of alkyl halides is 2. The SMILES string of the molecule is CC(F)(F)c1cccc(NC(=O)N2CCC(C(=O)O)C2)c1. The lowest BCUT2D eigenvalue weighted by atomic mass is 10.1. The molecule has 1 atom stereocenters. The summed E-state index contributed by atoms with van der Waals surface area (Å²) in [7, 11) is 0. The summed E-state index contributed by atoms with van der Waals surface area (Å²) in [6.07, 6.45) is 0.399. The van der Waals surface area contributed by atoms with Crippen molar-refractivity contribution in [2.75, 3.05) is 18.4 Å². The van der Waals surface area contributed by atoms with Crippen molar-refractivity contribution in [3.8, 4) is 0 Å². The summed E-state index contributed by atoms with van der Waals surface area (Å²) < 4.78 is 26.4. The number of urea groups is 1. The van der Waals surface area contributed by atoms with E-state index < -0.39 is 23.8 Å². The quantitative estimate of drug-likeness (QED) is 0.901. The second-order valence-corrected chi connectivity index (χ2v) is 5.17. The first-order chi connectivity index (χ1) is 9.77. The van der Waals surface area contributed by atoms with Gasteiger partial charge in [0.25, 0.3) is 5.92 Å².